The Labute approximate surface area is 237 Å². The van der Waals surface area contributed by atoms with Crippen molar-refractivity contribution in [1.29, 1.82) is 0 Å². The molecule has 1 aliphatic rings. The molecule has 0 saturated carbocycles. The second-order valence-electron chi connectivity index (χ2n) is 9.38. The van der Waals surface area contributed by atoms with Crippen LogP contribution in [0.3, 0.4) is 0 Å². The van der Waals surface area contributed by atoms with E-state index in [0.29, 0.717) is 39.8 Å². The smallest absolute Gasteiger partial charge is 0.261 e. The Morgan fingerprint density at radius 3 is 2.39 bits per heavy atom. The zero-order valence-electron chi connectivity index (χ0n) is 22.5. The lowest BCUT2D eigenvalue weighted by atomic mass is 10.1. The van der Waals surface area contributed by atoms with E-state index in [4.69, 9.17) is 0 Å². The number of rotatable bonds is 7. The van der Waals surface area contributed by atoms with Gasteiger partial charge in [0.1, 0.15) is 5.69 Å². The maximum Gasteiger partial charge on any atom is 0.261 e. The van der Waals surface area contributed by atoms with Gasteiger partial charge in [0, 0.05) is 31.2 Å². The molecule has 41 heavy (non-hydrogen) atoms. The first-order valence-electron chi connectivity index (χ1n) is 12.5. The Bertz CT molecular complexity index is 1790. The summed E-state index contributed by atoms with van der Waals surface area (Å²) in [7, 11) is -0.430. The van der Waals surface area contributed by atoms with Gasteiger partial charge in [-0.3, -0.25) is 14.3 Å². The molecule has 0 unspecified atom stereocenters. The van der Waals surface area contributed by atoms with Crippen molar-refractivity contribution >= 4 is 62.0 Å². The van der Waals surface area contributed by atoms with Crippen LogP contribution in [0.25, 0.3) is 0 Å². The molecule has 0 radical (unpaired) electrons. The zero-order valence-corrected chi connectivity index (χ0v) is 23.4. The van der Waals surface area contributed by atoms with Crippen LogP contribution in [0.2, 0.25) is 0 Å². The van der Waals surface area contributed by atoms with Crippen molar-refractivity contribution in [2.45, 2.75) is 11.8 Å². The highest BCUT2D eigenvalue weighted by Gasteiger charge is 2.29. The first-order valence-corrected chi connectivity index (χ1v) is 14.0. The number of carbonyl (C=O) groups excluding carboxylic acids is 2. The van der Waals surface area contributed by atoms with Crippen LogP contribution in [-0.4, -0.2) is 44.3 Å². The van der Waals surface area contributed by atoms with Crippen LogP contribution in [0.1, 0.15) is 15.9 Å². The maximum absolute atomic E-state index is 13.2. The van der Waals surface area contributed by atoms with Crippen LogP contribution in [0.4, 0.5) is 40.2 Å². The normalized spacial score (nSPS) is 12.6. The number of hydrogen-bond donors (Lipinski definition) is 3. The van der Waals surface area contributed by atoms with Crippen LogP contribution < -0.4 is 25.2 Å². The van der Waals surface area contributed by atoms with E-state index < -0.39 is 10.0 Å². The van der Waals surface area contributed by atoms with Crippen molar-refractivity contribution in [2.75, 3.05) is 39.3 Å². The lowest BCUT2D eigenvalue weighted by Crippen LogP contribution is -2.25. The molecule has 2 heterocycles. The van der Waals surface area contributed by atoms with Crippen LogP contribution in [-0.2, 0) is 14.8 Å². The molecule has 0 fully saturated rings. The predicted molar refractivity (Wildman–Crippen MR) is 160 cm³/mol. The topological polar surface area (TPSA) is 137 Å². The standard InChI is InChI=1S/C29H27N7O4S/c1-5-26(37)31-19-10-12-20(13-11-19)34-41(39,40)22-8-6-7-21(16-22)32-29-30-17-25-27(33-29)35(3)24-14-9-18(2)15-23(24)28(38)36(25)4/h5-17,34H,1H2,2-4H3,(H,31,37)(H,30,32,33). The molecule has 12 heteroatoms. The Morgan fingerprint density at radius 1 is 0.927 bits per heavy atom. The first kappa shape index (κ1) is 27.3. The van der Waals surface area contributed by atoms with Gasteiger partial charge in [-0.1, -0.05) is 24.3 Å². The molecule has 0 saturated heterocycles. The van der Waals surface area contributed by atoms with E-state index in [-0.39, 0.29) is 22.7 Å². The quantitative estimate of drug-likeness (QED) is 0.270. The number of sulfonamides is 1. The summed E-state index contributed by atoms with van der Waals surface area (Å²) in [4.78, 5) is 37.0. The van der Waals surface area contributed by atoms with Crippen molar-refractivity contribution in [2.24, 2.45) is 0 Å². The third-order valence-corrected chi connectivity index (χ3v) is 7.85. The van der Waals surface area contributed by atoms with E-state index in [0.717, 1.165) is 11.6 Å². The summed E-state index contributed by atoms with van der Waals surface area (Å²) in [6.07, 6.45) is 2.70. The fraction of sp³-hybridized carbons (Fsp3) is 0.103. The summed E-state index contributed by atoms with van der Waals surface area (Å²) in [5.74, 6) is 0.208. The molecule has 1 aliphatic heterocycles. The second-order valence-corrected chi connectivity index (χ2v) is 11.1. The second kappa shape index (κ2) is 10.7. The van der Waals surface area contributed by atoms with E-state index in [9.17, 15) is 18.0 Å². The molecule has 1 aromatic heterocycles. The van der Waals surface area contributed by atoms with Crippen molar-refractivity contribution in [1.82, 2.24) is 9.97 Å². The van der Waals surface area contributed by atoms with Crippen LogP contribution in [0.5, 0.6) is 0 Å². The minimum Gasteiger partial charge on any atom is -0.327 e. The molecular weight excluding hydrogens is 542 g/mol. The van der Waals surface area contributed by atoms with Crippen LogP contribution in [0.15, 0.2) is 90.5 Å². The van der Waals surface area contributed by atoms with Gasteiger partial charge in [-0.25, -0.2) is 13.4 Å². The van der Waals surface area contributed by atoms with E-state index in [1.807, 2.05) is 37.1 Å². The first-order chi connectivity index (χ1) is 19.6. The van der Waals surface area contributed by atoms with Gasteiger partial charge in [-0.05, 0) is 67.6 Å². The average Bonchev–Trinajstić information content (AvgIpc) is 3.03. The molecule has 2 amide bonds. The molecule has 0 spiro atoms. The molecule has 208 valence electrons. The number of aromatic nitrogens is 2. The average molecular weight is 570 g/mol. The predicted octanol–water partition coefficient (Wildman–Crippen LogP) is 4.81. The van der Waals surface area contributed by atoms with Gasteiger partial charge >= 0.3 is 0 Å². The fourth-order valence-corrected chi connectivity index (χ4v) is 5.43. The number of aryl methyl sites for hydroxylation is 1. The Hall–Kier alpha value is -5.23. The SMILES string of the molecule is C=CC(=O)Nc1ccc(NS(=O)(=O)c2cccc(Nc3ncc4c(n3)N(C)c3ccc(C)cc3C(=O)N4C)c2)cc1. The van der Waals surface area contributed by atoms with Crippen molar-refractivity contribution in [3.8, 4) is 0 Å². The molecule has 0 atom stereocenters. The Kier molecular flexibility index (Phi) is 7.16. The van der Waals surface area contributed by atoms with Crippen molar-refractivity contribution in [3.05, 3.63) is 96.7 Å². The zero-order chi connectivity index (χ0) is 29.3. The summed E-state index contributed by atoms with van der Waals surface area (Å²) < 4.78 is 28.7. The van der Waals surface area contributed by atoms with Crippen molar-refractivity contribution in [3.63, 3.8) is 0 Å². The van der Waals surface area contributed by atoms with E-state index >= 15 is 0 Å². The monoisotopic (exact) mass is 569 g/mol. The highest BCUT2D eigenvalue weighted by Crippen LogP contribution is 2.38. The molecule has 3 N–H and O–H groups in total. The van der Waals surface area contributed by atoms with Gasteiger partial charge in [0.15, 0.2) is 5.82 Å². The van der Waals surface area contributed by atoms with Gasteiger partial charge in [-0.15, -0.1) is 0 Å². The minimum atomic E-state index is -3.93. The largest absolute Gasteiger partial charge is 0.327 e. The molecule has 0 aliphatic carbocycles. The molecule has 3 aromatic carbocycles. The highest BCUT2D eigenvalue weighted by molar-refractivity contribution is 7.92. The van der Waals surface area contributed by atoms with E-state index in [1.165, 1.54) is 17.0 Å². The third-order valence-electron chi connectivity index (χ3n) is 6.47. The molecule has 4 aromatic rings. The minimum absolute atomic E-state index is 0.0213. The van der Waals surface area contributed by atoms with Crippen molar-refractivity contribution < 1.29 is 18.0 Å². The summed E-state index contributed by atoms with van der Waals surface area (Å²) in [5.41, 5.74) is 4.06. The van der Waals surface area contributed by atoms with Gasteiger partial charge in [0.2, 0.25) is 11.9 Å². The number of amides is 2. The Balaban J connectivity index is 1.38. The van der Waals surface area contributed by atoms with Gasteiger partial charge in [0.05, 0.1) is 22.3 Å². The highest BCUT2D eigenvalue weighted by atomic mass is 32.2. The summed E-state index contributed by atoms with van der Waals surface area (Å²) >= 11 is 0. The summed E-state index contributed by atoms with van der Waals surface area (Å²) in [6.45, 7) is 5.33. The lowest BCUT2D eigenvalue weighted by Gasteiger charge is -2.21. The molecular formula is C29H27N7O4S. The van der Waals surface area contributed by atoms with Gasteiger partial charge < -0.3 is 20.4 Å². The molecule has 11 nitrogen and oxygen atoms in total. The van der Waals surface area contributed by atoms with Gasteiger partial charge in [-0.2, -0.15) is 4.98 Å². The number of anilines is 7. The Morgan fingerprint density at radius 2 is 1.66 bits per heavy atom. The number of nitrogens with one attached hydrogen (secondary N) is 3. The molecule has 5 rings (SSSR count). The van der Waals surface area contributed by atoms with Crippen LogP contribution in [0, 0.1) is 6.92 Å². The summed E-state index contributed by atoms with van der Waals surface area (Å²) in [5, 5.41) is 5.67. The number of nitrogens with zero attached hydrogens (tertiary/aromatic N) is 4. The maximum atomic E-state index is 13.2. The number of fused-ring (bicyclic) bond motifs is 2. The summed E-state index contributed by atoms with van der Waals surface area (Å²) in [6, 6.07) is 18.1. The van der Waals surface area contributed by atoms with E-state index in [2.05, 4.69) is 31.9 Å². The number of hydrogen-bond acceptors (Lipinski definition) is 8. The number of benzene rings is 3. The van der Waals surface area contributed by atoms with Gasteiger partial charge in [0.25, 0.3) is 15.9 Å². The molecule has 0 bridgehead atoms. The number of carbonyl (C=O) groups is 2. The van der Waals surface area contributed by atoms with Crippen LogP contribution >= 0.6 is 0 Å². The van der Waals surface area contributed by atoms with E-state index in [1.54, 1.807) is 49.6 Å². The third kappa shape index (κ3) is 5.58. The fourth-order valence-electron chi connectivity index (χ4n) is 4.33. The lowest BCUT2D eigenvalue weighted by molar-refractivity contribution is -0.111.